The van der Waals surface area contributed by atoms with Crippen LogP contribution in [0.15, 0.2) is 77.6 Å². The normalized spacial score (nSPS) is 10.7. The van der Waals surface area contributed by atoms with E-state index in [0.29, 0.717) is 23.0 Å². The van der Waals surface area contributed by atoms with E-state index >= 15 is 0 Å². The van der Waals surface area contributed by atoms with Crippen LogP contribution in [0.2, 0.25) is 0 Å². The molecule has 0 aliphatic rings. The first-order valence-corrected chi connectivity index (χ1v) is 9.47. The zero-order valence-corrected chi connectivity index (χ0v) is 16.4. The van der Waals surface area contributed by atoms with E-state index in [9.17, 15) is 9.59 Å². The quantitative estimate of drug-likeness (QED) is 0.538. The van der Waals surface area contributed by atoms with E-state index in [1.807, 2.05) is 30.3 Å². The summed E-state index contributed by atoms with van der Waals surface area (Å²) in [5.74, 6) is 0.546. The van der Waals surface area contributed by atoms with Crippen LogP contribution in [0, 0.1) is 0 Å². The number of methoxy groups -OCH3 is 1. The molecule has 7 nitrogen and oxygen atoms in total. The van der Waals surface area contributed by atoms with Crippen LogP contribution in [0.4, 0.5) is 0 Å². The van der Waals surface area contributed by atoms with E-state index in [1.54, 1.807) is 49.6 Å². The number of benzene rings is 3. The third-order valence-corrected chi connectivity index (χ3v) is 4.81. The fourth-order valence-corrected chi connectivity index (χ4v) is 3.19. The fraction of sp³-hybridized carbons (Fsp3) is 0.130. The molecule has 4 aromatic rings. The molecule has 7 heteroatoms. The van der Waals surface area contributed by atoms with Crippen LogP contribution in [-0.4, -0.2) is 28.0 Å². The van der Waals surface area contributed by atoms with Crippen LogP contribution in [0.25, 0.3) is 10.9 Å². The van der Waals surface area contributed by atoms with Gasteiger partial charge >= 0.3 is 0 Å². The summed E-state index contributed by atoms with van der Waals surface area (Å²) >= 11 is 0. The number of aromatic nitrogens is 3. The van der Waals surface area contributed by atoms with Gasteiger partial charge in [0.05, 0.1) is 19.0 Å². The zero-order valence-electron chi connectivity index (χ0n) is 16.4. The maximum atomic E-state index is 12.6. The van der Waals surface area contributed by atoms with Gasteiger partial charge in [0.1, 0.15) is 11.3 Å². The minimum absolute atomic E-state index is 0.185. The molecular formula is C23H20N4O3. The average molecular weight is 400 g/mol. The second kappa shape index (κ2) is 8.57. The Hall–Kier alpha value is -4.00. The molecule has 150 valence electrons. The molecule has 1 aromatic heterocycles. The molecule has 1 heterocycles. The van der Waals surface area contributed by atoms with Gasteiger partial charge in [-0.25, -0.2) is 4.68 Å². The minimum Gasteiger partial charge on any atom is -0.496 e. The number of hydrogen-bond acceptors (Lipinski definition) is 5. The molecule has 3 aromatic carbocycles. The molecule has 0 aliphatic heterocycles. The first-order valence-electron chi connectivity index (χ1n) is 9.47. The lowest BCUT2D eigenvalue weighted by Crippen LogP contribution is -2.25. The van der Waals surface area contributed by atoms with Crippen molar-refractivity contribution in [2.75, 3.05) is 7.11 Å². The first-order chi connectivity index (χ1) is 14.7. The number of para-hydroxylation sites is 1. The Morgan fingerprint density at radius 3 is 2.53 bits per heavy atom. The number of carbonyl (C=O) groups excluding carboxylic acids is 1. The lowest BCUT2D eigenvalue weighted by atomic mass is 10.1. The predicted octanol–water partition coefficient (Wildman–Crippen LogP) is 2.78. The molecule has 0 saturated carbocycles. The summed E-state index contributed by atoms with van der Waals surface area (Å²) in [6.45, 7) is 0.645. The minimum atomic E-state index is -0.195. The van der Waals surface area contributed by atoms with Gasteiger partial charge in [-0.05, 0) is 35.9 Å². The van der Waals surface area contributed by atoms with Crippen molar-refractivity contribution in [1.29, 1.82) is 0 Å². The summed E-state index contributed by atoms with van der Waals surface area (Å²) < 4.78 is 6.62. The number of amides is 1. The number of nitrogens with one attached hydrogen (secondary N) is 1. The van der Waals surface area contributed by atoms with Gasteiger partial charge in [-0.2, -0.15) is 0 Å². The molecule has 1 N–H and O–H groups in total. The number of rotatable bonds is 6. The van der Waals surface area contributed by atoms with Crippen LogP contribution in [0.1, 0.15) is 21.5 Å². The monoisotopic (exact) mass is 400 g/mol. The number of hydrogen-bond donors (Lipinski definition) is 1. The second-order valence-corrected chi connectivity index (χ2v) is 6.76. The number of nitrogens with zero attached hydrogens (tertiary/aromatic N) is 3. The molecule has 0 radical (unpaired) electrons. The van der Waals surface area contributed by atoms with Crippen molar-refractivity contribution in [2.45, 2.75) is 13.1 Å². The molecular weight excluding hydrogens is 380 g/mol. The molecule has 0 unspecified atom stereocenters. The van der Waals surface area contributed by atoms with Crippen molar-refractivity contribution in [3.05, 3.63) is 99.8 Å². The van der Waals surface area contributed by atoms with Gasteiger partial charge in [0.15, 0.2) is 0 Å². The van der Waals surface area contributed by atoms with Crippen molar-refractivity contribution in [1.82, 2.24) is 20.3 Å². The summed E-state index contributed by atoms with van der Waals surface area (Å²) in [7, 11) is 1.60. The summed E-state index contributed by atoms with van der Waals surface area (Å²) in [4.78, 5) is 25.0. The SMILES string of the molecule is COc1ccccc1CNC(=O)c1ccc(Cn2nnc3ccccc3c2=O)cc1. The van der Waals surface area contributed by atoms with Crippen LogP contribution in [0.5, 0.6) is 5.75 Å². The maximum Gasteiger partial charge on any atom is 0.277 e. The molecule has 0 spiro atoms. The summed E-state index contributed by atoms with van der Waals surface area (Å²) in [5, 5.41) is 11.5. The van der Waals surface area contributed by atoms with Crippen molar-refractivity contribution < 1.29 is 9.53 Å². The zero-order chi connectivity index (χ0) is 20.9. The highest BCUT2D eigenvalue weighted by molar-refractivity contribution is 5.94. The Morgan fingerprint density at radius 2 is 1.73 bits per heavy atom. The largest absolute Gasteiger partial charge is 0.496 e. The number of carbonyl (C=O) groups is 1. The summed E-state index contributed by atoms with van der Waals surface area (Å²) in [6, 6.07) is 21.7. The predicted molar refractivity (Wildman–Crippen MR) is 114 cm³/mol. The van der Waals surface area contributed by atoms with E-state index in [0.717, 1.165) is 16.9 Å². The fourth-order valence-electron chi connectivity index (χ4n) is 3.19. The standard InChI is InChI=1S/C23H20N4O3/c1-30-21-9-5-2-6-18(21)14-24-22(28)17-12-10-16(11-13-17)15-27-23(29)19-7-3-4-8-20(19)25-26-27/h2-13H,14-15H2,1H3,(H,24,28). The molecule has 30 heavy (non-hydrogen) atoms. The third-order valence-electron chi connectivity index (χ3n) is 4.81. The Balaban J connectivity index is 1.44. The highest BCUT2D eigenvalue weighted by atomic mass is 16.5. The molecule has 0 saturated heterocycles. The molecule has 0 fully saturated rings. The van der Waals surface area contributed by atoms with Gasteiger partial charge in [0.2, 0.25) is 0 Å². The Morgan fingerprint density at radius 1 is 1.00 bits per heavy atom. The van der Waals surface area contributed by atoms with E-state index in [1.165, 1.54) is 4.68 Å². The van der Waals surface area contributed by atoms with Crippen LogP contribution in [-0.2, 0) is 13.1 Å². The van der Waals surface area contributed by atoms with Gasteiger partial charge in [0, 0.05) is 17.7 Å². The van der Waals surface area contributed by atoms with E-state index in [4.69, 9.17) is 4.74 Å². The Labute approximate surface area is 172 Å². The topological polar surface area (TPSA) is 86.1 Å². The van der Waals surface area contributed by atoms with Gasteiger partial charge in [-0.15, -0.1) is 5.10 Å². The van der Waals surface area contributed by atoms with Gasteiger partial charge in [-0.1, -0.05) is 47.7 Å². The molecule has 0 aliphatic carbocycles. The van der Waals surface area contributed by atoms with E-state index in [-0.39, 0.29) is 18.0 Å². The molecule has 1 amide bonds. The van der Waals surface area contributed by atoms with E-state index in [2.05, 4.69) is 15.6 Å². The maximum absolute atomic E-state index is 12.6. The Kier molecular flexibility index (Phi) is 5.52. The van der Waals surface area contributed by atoms with Crippen LogP contribution < -0.4 is 15.6 Å². The number of ether oxygens (including phenoxy) is 1. The van der Waals surface area contributed by atoms with Crippen molar-refractivity contribution in [3.8, 4) is 5.75 Å². The van der Waals surface area contributed by atoms with Crippen molar-refractivity contribution >= 4 is 16.8 Å². The smallest absolute Gasteiger partial charge is 0.277 e. The highest BCUT2D eigenvalue weighted by Crippen LogP contribution is 2.17. The lowest BCUT2D eigenvalue weighted by molar-refractivity contribution is 0.0950. The van der Waals surface area contributed by atoms with Gasteiger partial charge in [0.25, 0.3) is 11.5 Å². The lowest BCUT2D eigenvalue weighted by Gasteiger charge is -2.10. The van der Waals surface area contributed by atoms with Crippen LogP contribution >= 0.6 is 0 Å². The molecule has 0 atom stereocenters. The second-order valence-electron chi connectivity index (χ2n) is 6.76. The Bertz CT molecular complexity index is 1250. The third kappa shape index (κ3) is 4.05. The van der Waals surface area contributed by atoms with Gasteiger partial charge in [-0.3, -0.25) is 9.59 Å². The van der Waals surface area contributed by atoms with E-state index < -0.39 is 0 Å². The average Bonchev–Trinajstić information content (AvgIpc) is 2.80. The number of fused-ring (bicyclic) bond motifs is 1. The van der Waals surface area contributed by atoms with Crippen molar-refractivity contribution in [2.24, 2.45) is 0 Å². The highest BCUT2D eigenvalue weighted by Gasteiger charge is 2.09. The molecule has 0 bridgehead atoms. The van der Waals surface area contributed by atoms with Crippen LogP contribution in [0.3, 0.4) is 0 Å². The first kappa shape index (κ1) is 19.3. The molecule has 4 rings (SSSR count). The summed E-state index contributed by atoms with van der Waals surface area (Å²) in [5.41, 5.74) is 2.66. The summed E-state index contributed by atoms with van der Waals surface area (Å²) in [6.07, 6.45) is 0. The van der Waals surface area contributed by atoms with Crippen molar-refractivity contribution in [3.63, 3.8) is 0 Å². The van der Waals surface area contributed by atoms with Gasteiger partial charge < -0.3 is 10.1 Å².